The molecular formula is C16H32. The summed E-state index contributed by atoms with van der Waals surface area (Å²) in [5, 5.41) is 0. The van der Waals surface area contributed by atoms with E-state index in [1.807, 2.05) is 0 Å². The molecule has 0 unspecified atom stereocenters. The minimum atomic E-state index is 0.305. The van der Waals surface area contributed by atoms with Gasteiger partial charge in [0.1, 0.15) is 0 Å². The van der Waals surface area contributed by atoms with Gasteiger partial charge in [-0.15, -0.1) is 0 Å². The van der Waals surface area contributed by atoms with E-state index in [9.17, 15) is 0 Å². The number of allylic oxidation sites excluding steroid dienone is 2. The van der Waals surface area contributed by atoms with E-state index in [2.05, 4.69) is 55.4 Å². The van der Waals surface area contributed by atoms with Gasteiger partial charge in [-0.25, -0.2) is 0 Å². The maximum Gasteiger partial charge on any atom is -0.00938 e. The van der Waals surface area contributed by atoms with Crippen molar-refractivity contribution in [3.63, 3.8) is 0 Å². The number of unbranched alkanes of at least 4 members (excludes halogenated alkanes) is 2. The van der Waals surface area contributed by atoms with Crippen LogP contribution in [0.15, 0.2) is 11.1 Å². The van der Waals surface area contributed by atoms with Crippen LogP contribution in [0.2, 0.25) is 0 Å². The number of hydrogen-bond donors (Lipinski definition) is 0. The first kappa shape index (κ1) is 15.7. The van der Waals surface area contributed by atoms with E-state index in [1.165, 1.54) is 31.3 Å². The lowest BCUT2D eigenvalue weighted by Gasteiger charge is -2.44. The van der Waals surface area contributed by atoms with Crippen LogP contribution in [0, 0.1) is 10.8 Å². The Morgan fingerprint density at radius 2 is 1.38 bits per heavy atom. The zero-order valence-electron chi connectivity index (χ0n) is 12.8. The molecule has 0 rings (SSSR count). The maximum atomic E-state index is 2.43. The normalized spacial score (nSPS) is 12.8. The molecule has 0 bridgehead atoms. The standard InChI is InChI=1S/C16H32/c1-9-10-11-12-15(5,6)16(7,8)14(4)13(2)3/h9-12H2,1-8H3. The van der Waals surface area contributed by atoms with E-state index >= 15 is 0 Å². The minimum absolute atomic E-state index is 0.305. The summed E-state index contributed by atoms with van der Waals surface area (Å²) in [4.78, 5) is 0. The van der Waals surface area contributed by atoms with E-state index in [1.54, 1.807) is 5.57 Å². The van der Waals surface area contributed by atoms with Gasteiger partial charge in [0.2, 0.25) is 0 Å². The first-order chi connectivity index (χ1) is 7.16. The van der Waals surface area contributed by atoms with Crippen LogP contribution < -0.4 is 0 Å². The van der Waals surface area contributed by atoms with Crippen LogP contribution in [0.1, 0.15) is 81.1 Å². The Labute approximate surface area is 104 Å². The number of rotatable bonds is 6. The summed E-state index contributed by atoms with van der Waals surface area (Å²) in [7, 11) is 0. The van der Waals surface area contributed by atoms with Crippen LogP contribution in [-0.4, -0.2) is 0 Å². The molecular weight excluding hydrogens is 192 g/mol. The Hall–Kier alpha value is -0.260. The van der Waals surface area contributed by atoms with Crippen molar-refractivity contribution in [2.45, 2.75) is 81.1 Å². The first-order valence-corrected chi connectivity index (χ1v) is 6.81. The van der Waals surface area contributed by atoms with Crippen LogP contribution >= 0.6 is 0 Å². The van der Waals surface area contributed by atoms with Crippen LogP contribution in [0.3, 0.4) is 0 Å². The average molecular weight is 224 g/mol. The molecule has 0 spiro atoms. The molecule has 0 radical (unpaired) electrons. The van der Waals surface area contributed by atoms with Gasteiger partial charge in [-0.05, 0) is 38.0 Å². The Morgan fingerprint density at radius 1 is 0.875 bits per heavy atom. The Kier molecular flexibility index (Phi) is 5.79. The minimum Gasteiger partial charge on any atom is -0.0769 e. The van der Waals surface area contributed by atoms with E-state index in [0.717, 1.165) is 0 Å². The van der Waals surface area contributed by atoms with Crippen LogP contribution in [-0.2, 0) is 0 Å². The molecule has 0 saturated carbocycles. The summed E-state index contributed by atoms with van der Waals surface area (Å²) in [5.74, 6) is 0. The summed E-state index contributed by atoms with van der Waals surface area (Å²) in [6.07, 6.45) is 5.38. The monoisotopic (exact) mass is 224 g/mol. The van der Waals surface area contributed by atoms with Gasteiger partial charge >= 0.3 is 0 Å². The third-order valence-electron chi connectivity index (χ3n) is 4.78. The fourth-order valence-electron chi connectivity index (χ4n) is 2.26. The molecule has 0 aromatic carbocycles. The van der Waals surface area contributed by atoms with Gasteiger partial charge < -0.3 is 0 Å². The predicted molar refractivity (Wildman–Crippen MR) is 75.8 cm³/mol. The Bertz CT molecular complexity index is 237. The second-order valence-corrected chi connectivity index (χ2v) is 6.59. The Morgan fingerprint density at radius 3 is 1.75 bits per heavy atom. The van der Waals surface area contributed by atoms with Crippen molar-refractivity contribution in [3.8, 4) is 0 Å². The molecule has 16 heavy (non-hydrogen) atoms. The lowest BCUT2D eigenvalue weighted by atomic mass is 9.61. The smallest absolute Gasteiger partial charge is 0.00938 e. The highest BCUT2D eigenvalue weighted by Gasteiger charge is 2.37. The van der Waals surface area contributed by atoms with Crippen LogP contribution in [0.25, 0.3) is 0 Å². The molecule has 0 aliphatic rings. The van der Waals surface area contributed by atoms with E-state index in [0.29, 0.717) is 10.8 Å². The maximum absolute atomic E-state index is 2.43. The van der Waals surface area contributed by atoms with Gasteiger partial charge in [-0.2, -0.15) is 0 Å². The van der Waals surface area contributed by atoms with Crippen molar-refractivity contribution in [2.75, 3.05) is 0 Å². The highest BCUT2D eigenvalue weighted by Crippen LogP contribution is 2.48. The Balaban J connectivity index is 4.78. The molecule has 0 aromatic rings. The van der Waals surface area contributed by atoms with Crippen LogP contribution in [0.4, 0.5) is 0 Å². The quantitative estimate of drug-likeness (QED) is 0.385. The van der Waals surface area contributed by atoms with Gasteiger partial charge in [0.15, 0.2) is 0 Å². The first-order valence-electron chi connectivity index (χ1n) is 6.81. The molecule has 0 heterocycles. The van der Waals surface area contributed by atoms with Gasteiger partial charge in [-0.3, -0.25) is 0 Å². The average Bonchev–Trinajstić information content (AvgIpc) is 2.16. The molecule has 0 atom stereocenters. The molecule has 0 fully saturated rings. The summed E-state index contributed by atoms with van der Waals surface area (Å²) < 4.78 is 0. The lowest BCUT2D eigenvalue weighted by Crippen LogP contribution is -2.34. The zero-order chi connectivity index (χ0) is 13.0. The van der Waals surface area contributed by atoms with E-state index in [-0.39, 0.29) is 0 Å². The fraction of sp³-hybridized carbons (Fsp3) is 0.875. The SMILES string of the molecule is CCCCCC(C)(C)C(C)(C)C(C)=C(C)C. The van der Waals surface area contributed by atoms with Crippen molar-refractivity contribution in [3.05, 3.63) is 11.1 Å². The third kappa shape index (κ3) is 3.64. The molecule has 0 heteroatoms. The predicted octanol–water partition coefficient (Wildman–Crippen LogP) is 5.98. The molecule has 0 saturated heterocycles. The topological polar surface area (TPSA) is 0 Å². The third-order valence-corrected chi connectivity index (χ3v) is 4.78. The van der Waals surface area contributed by atoms with Gasteiger partial charge in [0, 0.05) is 0 Å². The zero-order valence-corrected chi connectivity index (χ0v) is 12.8. The van der Waals surface area contributed by atoms with Crippen LogP contribution in [0.5, 0.6) is 0 Å². The fourth-order valence-corrected chi connectivity index (χ4v) is 2.26. The highest BCUT2D eigenvalue weighted by atomic mass is 14.4. The second-order valence-electron chi connectivity index (χ2n) is 6.59. The van der Waals surface area contributed by atoms with E-state index < -0.39 is 0 Å². The lowest BCUT2D eigenvalue weighted by molar-refractivity contribution is 0.132. The molecule has 96 valence electrons. The molecule has 0 N–H and O–H groups in total. The summed E-state index contributed by atoms with van der Waals surface area (Å²) >= 11 is 0. The molecule has 0 aromatic heterocycles. The molecule has 0 nitrogen and oxygen atoms in total. The highest BCUT2D eigenvalue weighted by molar-refractivity contribution is 5.18. The summed E-state index contributed by atoms with van der Waals surface area (Å²) in [6, 6.07) is 0. The van der Waals surface area contributed by atoms with Crippen molar-refractivity contribution in [2.24, 2.45) is 10.8 Å². The summed E-state index contributed by atoms with van der Waals surface area (Å²) in [5.41, 5.74) is 3.74. The second kappa shape index (κ2) is 5.89. The van der Waals surface area contributed by atoms with Crippen molar-refractivity contribution < 1.29 is 0 Å². The van der Waals surface area contributed by atoms with Crippen molar-refractivity contribution >= 4 is 0 Å². The molecule has 0 aliphatic carbocycles. The van der Waals surface area contributed by atoms with Gasteiger partial charge in [0.25, 0.3) is 0 Å². The summed E-state index contributed by atoms with van der Waals surface area (Å²) in [6.45, 7) is 18.7. The van der Waals surface area contributed by atoms with Gasteiger partial charge in [0.05, 0.1) is 0 Å². The number of hydrogen-bond acceptors (Lipinski definition) is 0. The molecule has 0 aliphatic heterocycles. The van der Waals surface area contributed by atoms with Gasteiger partial charge in [-0.1, -0.05) is 65.0 Å². The van der Waals surface area contributed by atoms with Crippen molar-refractivity contribution in [1.29, 1.82) is 0 Å². The largest absolute Gasteiger partial charge is 0.0769 e. The van der Waals surface area contributed by atoms with Crippen molar-refractivity contribution in [1.82, 2.24) is 0 Å². The van der Waals surface area contributed by atoms with E-state index in [4.69, 9.17) is 0 Å². The molecule has 0 amide bonds.